The first-order valence-electron chi connectivity index (χ1n) is 5.47. The van der Waals surface area contributed by atoms with Crippen molar-refractivity contribution in [3.63, 3.8) is 0 Å². The summed E-state index contributed by atoms with van der Waals surface area (Å²) in [4.78, 5) is 0.513. The highest BCUT2D eigenvalue weighted by atomic mass is 35.5. The smallest absolute Gasteiger partial charge is 0.0394 e. The molecule has 0 saturated carbocycles. The van der Waals surface area contributed by atoms with E-state index in [1.165, 1.54) is 0 Å². The van der Waals surface area contributed by atoms with Crippen LogP contribution < -0.4 is 0 Å². The van der Waals surface area contributed by atoms with Crippen molar-refractivity contribution in [3.05, 3.63) is 0 Å². The van der Waals surface area contributed by atoms with Crippen LogP contribution in [0, 0.1) is 0 Å². The van der Waals surface area contributed by atoms with E-state index >= 15 is 0 Å². The van der Waals surface area contributed by atoms with Gasteiger partial charge in [-0.2, -0.15) is 0 Å². The monoisotopic (exact) mass is 177 g/mol. The molecule has 1 atom stereocenters. The number of hydrogen-bond acceptors (Lipinski definition) is 1. The summed E-state index contributed by atoms with van der Waals surface area (Å²) in [5.41, 5.74) is 0. The summed E-state index contributed by atoms with van der Waals surface area (Å²) < 4.78 is 42.3. The Labute approximate surface area is 77.2 Å². The van der Waals surface area contributed by atoms with E-state index in [1.807, 2.05) is 0 Å². The molecule has 0 heterocycles. The normalized spacial score (nSPS) is 25.7. The van der Waals surface area contributed by atoms with Crippen LogP contribution in [0.3, 0.4) is 0 Å². The molecular formula is C6H15Cl2N. The van der Waals surface area contributed by atoms with Crippen molar-refractivity contribution in [1.82, 2.24) is 4.90 Å². The van der Waals surface area contributed by atoms with Crippen LogP contribution in [-0.2, 0) is 0 Å². The van der Waals surface area contributed by atoms with Gasteiger partial charge in [0.15, 0.2) is 0 Å². The summed E-state index contributed by atoms with van der Waals surface area (Å²) in [5.74, 6) is 0. The lowest BCUT2D eigenvalue weighted by Crippen LogP contribution is -2.15. The van der Waals surface area contributed by atoms with E-state index in [0.717, 1.165) is 0 Å². The van der Waals surface area contributed by atoms with Gasteiger partial charge in [-0.25, -0.2) is 0 Å². The van der Waals surface area contributed by atoms with E-state index in [0.29, 0.717) is 11.3 Å². The molecule has 1 nitrogen and oxygen atoms in total. The van der Waals surface area contributed by atoms with Crippen molar-refractivity contribution >= 4 is 24.0 Å². The second-order valence-electron chi connectivity index (χ2n) is 1.72. The summed E-state index contributed by atoms with van der Waals surface area (Å²) in [7, 11) is 0. The van der Waals surface area contributed by atoms with Gasteiger partial charge in [-0.1, -0.05) is 0 Å². The first-order valence-corrected chi connectivity index (χ1v) is 2.90. The highest BCUT2D eigenvalue weighted by molar-refractivity contribution is 6.20. The summed E-state index contributed by atoms with van der Waals surface area (Å²) in [6.45, 7) is -3.56. The fourth-order valence-electron chi connectivity index (χ4n) is 0.307. The van der Waals surface area contributed by atoms with Crippen molar-refractivity contribution in [2.24, 2.45) is 0 Å². The molecule has 0 aromatic rings. The molecule has 0 rings (SSSR count). The first kappa shape index (κ1) is 3.80. The molecule has 3 heteroatoms. The minimum Gasteiger partial charge on any atom is -0.309 e. The molecule has 0 spiro atoms. The Morgan fingerprint density at radius 1 is 1.67 bits per heavy atom. The van der Waals surface area contributed by atoms with Crippen LogP contribution in [0.5, 0.6) is 0 Å². The summed E-state index contributed by atoms with van der Waals surface area (Å²) in [6.07, 6.45) is 0.332. The van der Waals surface area contributed by atoms with Gasteiger partial charge in [-0.3, -0.25) is 0 Å². The van der Waals surface area contributed by atoms with Gasteiger partial charge < -0.3 is 4.90 Å². The number of rotatable bonds is 3. The van der Waals surface area contributed by atoms with E-state index in [4.69, 9.17) is 19.8 Å². The predicted octanol–water partition coefficient (Wildman–Crippen LogP) is 1.99. The SMILES string of the molecule is Cl.[2H]C([2H])([2H])N(CCC(C)Cl)C([2H])([2H])[2H]. The molecule has 0 aromatic carbocycles. The van der Waals surface area contributed by atoms with E-state index < -0.39 is 14.0 Å². The maximum absolute atomic E-state index is 7.05. The van der Waals surface area contributed by atoms with E-state index in [2.05, 4.69) is 0 Å². The maximum atomic E-state index is 7.05. The molecule has 0 radical (unpaired) electrons. The third-order valence-corrected chi connectivity index (χ3v) is 0.969. The number of halogens is 2. The van der Waals surface area contributed by atoms with Crippen molar-refractivity contribution < 1.29 is 8.22 Å². The molecular weight excluding hydrogens is 157 g/mol. The largest absolute Gasteiger partial charge is 0.309 e. The Balaban J connectivity index is 0. The lowest BCUT2D eigenvalue weighted by Gasteiger charge is -2.09. The maximum Gasteiger partial charge on any atom is 0.0394 e. The Kier molecular flexibility index (Phi) is 2.81. The van der Waals surface area contributed by atoms with Crippen LogP contribution in [0.15, 0.2) is 0 Å². The van der Waals surface area contributed by atoms with Crippen LogP contribution in [0.2, 0.25) is 0 Å². The van der Waals surface area contributed by atoms with Gasteiger partial charge in [0.25, 0.3) is 0 Å². The molecule has 58 valence electrons. The summed E-state index contributed by atoms with van der Waals surface area (Å²) >= 11 is 5.63. The Morgan fingerprint density at radius 3 is 2.56 bits per heavy atom. The van der Waals surface area contributed by atoms with Crippen LogP contribution in [0.1, 0.15) is 21.6 Å². The predicted molar refractivity (Wildman–Crippen MR) is 45.7 cm³/mol. The molecule has 0 aromatic heterocycles. The van der Waals surface area contributed by atoms with E-state index in [9.17, 15) is 0 Å². The van der Waals surface area contributed by atoms with Gasteiger partial charge in [0, 0.05) is 13.6 Å². The molecule has 0 aliphatic heterocycles. The molecule has 0 fully saturated rings. The number of hydrogen-bond donors (Lipinski definition) is 0. The van der Waals surface area contributed by atoms with Crippen LogP contribution in [-0.4, -0.2) is 30.8 Å². The molecule has 1 unspecified atom stereocenters. The second-order valence-corrected chi connectivity index (χ2v) is 2.47. The highest BCUT2D eigenvalue weighted by Crippen LogP contribution is 1.98. The topological polar surface area (TPSA) is 3.24 Å². The van der Waals surface area contributed by atoms with Crippen LogP contribution in [0.25, 0.3) is 0 Å². The standard InChI is InChI=1S/C6H14ClN.ClH/c1-6(7)4-5-8(2)3;/h6H,4-5H2,1-3H3;1H/i2D3,3D3;. The minimum absolute atomic E-state index is 0. The number of nitrogens with zero attached hydrogens (tertiary/aromatic N) is 1. The molecule has 0 aliphatic rings. The van der Waals surface area contributed by atoms with Gasteiger partial charge in [0.05, 0.1) is 0 Å². The summed E-state index contributed by atoms with van der Waals surface area (Å²) in [6, 6.07) is 0. The molecule has 0 amide bonds. The van der Waals surface area contributed by atoms with Crippen LogP contribution >= 0.6 is 24.0 Å². The fraction of sp³-hybridized carbons (Fsp3) is 1.00. The molecule has 9 heavy (non-hydrogen) atoms. The van der Waals surface area contributed by atoms with Gasteiger partial charge in [-0.05, 0) is 33.8 Å². The van der Waals surface area contributed by atoms with Crippen molar-refractivity contribution in [3.8, 4) is 0 Å². The average Bonchev–Trinajstić information content (AvgIpc) is 1.78. The average molecular weight is 178 g/mol. The Bertz CT molecular complexity index is 163. The zero-order chi connectivity index (χ0) is 11.6. The molecule has 0 bridgehead atoms. The van der Waals surface area contributed by atoms with Gasteiger partial charge in [-0.15, -0.1) is 24.0 Å². The Hall–Kier alpha value is 0.540. The summed E-state index contributed by atoms with van der Waals surface area (Å²) in [5, 5.41) is -0.234. The minimum atomic E-state index is -2.60. The van der Waals surface area contributed by atoms with Gasteiger partial charge in [0.1, 0.15) is 0 Å². The van der Waals surface area contributed by atoms with E-state index in [-0.39, 0.29) is 24.3 Å². The van der Waals surface area contributed by atoms with Gasteiger partial charge in [0.2, 0.25) is 0 Å². The lowest BCUT2D eigenvalue weighted by atomic mass is 10.3. The number of alkyl halides is 1. The van der Waals surface area contributed by atoms with Crippen molar-refractivity contribution in [2.45, 2.75) is 18.7 Å². The molecule has 0 aliphatic carbocycles. The lowest BCUT2D eigenvalue weighted by molar-refractivity contribution is 0.399. The molecule has 0 saturated heterocycles. The first-order chi connectivity index (χ1) is 6.05. The second kappa shape index (κ2) is 6.66. The third-order valence-electron chi connectivity index (χ3n) is 0.750. The fourth-order valence-corrected chi connectivity index (χ4v) is 0.405. The van der Waals surface area contributed by atoms with Crippen molar-refractivity contribution in [1.29, 1.82) is 0 Å². The molecule has 0 N–H and O–H groups in total. The van der Waals surface area contributed by atoms with Crippen molar-refractivity contribution in [2.75, 3.05) is 20.5 Å². The third kappa shape index (κ3) is 11.9. The van der Waals surface area contributed by atoms with Gasteiger partial charge >= 0.3 is 0 Å². The zero-order valence-electron chi connectivity index (χ0n) is 11.2. The van der Waals surface area contributed by atoms with Crippen LogP contribution in [0.4, 0.5) is 0 Å². The quantitative estimate of drug-likeness (QED) is 0.597. The highest BCUT2D eigenvalue weighted by Gasteiger charge is 1.95. The Morgan fingerprint density at radius 2 is 2.22 bits per heavy atom. The van der Waals surface area contributed by atoms with E-state index in [1.54, 1.807) is 6.92 Å². The zero-order valence-corrected chi connectivity index (χ0v) is 6.80.